The third-order valence-corrected chi connectivity index (χ3v) is 2.50. The van der Waals surface area contributed by atoms with Crippen LogP contribution >= 0.6 is 0 Å². The van der Waals surface area contributed by atoms with Crippen molar-refractivity contribution in [3.63, 3.8) is 0 Å². The number of aliphatic hydroxyl groups excluding tert-OH is 1. The Bertz CT molecular complexity index is 357. The number of β-amino-alcohol motifs (C(OH)–C–C–N with tert-alkyl or cyclic N) is 1. The number of nitrogens with one attached hydrogen (secondary N) is 2. The molecule has 1 amide bonds. The van der Waals surface area contributed by atoms with Crippen molar-refractivity contribution >= 4 is 5.91 Å². The van der Waals surface area contributed by atoms with Gasteiger partial charge in [-0.05, 0) is 18.6 Å². The van der Waals surface area contributed by atoms with Crippen LogP contribution in [0.25, 0.3) is 0 Å². The Morgan fingerprint density at radius 1 is 1.69 bits per heavy atom. The first-order chi connectivity index (χ1) is 7.75. The number of hydrogen-bond acceptors (Lipinski definition) is 5. The number of amides is 1. The zero-order valence-corrected chi connectivity index (χ0v) is 8.76. The Morgan fingerprint density at radius 3 is 3.19 bits per heavy atom. The van der Waals surface area contributed by atoms with Gasteiger partial charge in [-0.3, -0.25) is 4.79 Å². The van der Waals surface area contributed by atoms with Crippen molar-refractivity contribution < 1.29 is 9.90 Å². The molecule has 0 spiro atoms. The van der Waals surface area contributed by atoms with Crippen LogP contribution in [0.2, 0.25) is 0 Å². The molecule has 6 heteroatoms. The first-order valence-corrected chi connectivity index (χ1v) is 5.21. The molecule has 0 aliphatic carbocycles. The molecule has 2 heterocycles. The van der Waals surface area contributed by atoms with E-state index in [1.165, 1.54) is 0 Å². The number of aliphatic hydroxyl groups is 1. The molecule has 6 nitrogen and oxygen atoms in total. The van der Waals surface area contributed by atoms with Crippen LogP contribution in [0.4, 0.5) is 0 Å². The number of rotatable bonds is 3. The summed E-state index contributed by atoms with van der Waals surface area (Å²) in [5, 5.41) is 22.5. The summed E-state index contributed by atoms with van der Waals surface area (Å²) < 4.78 is 0. The molecule has 2 atom stereocenters. The molecule has 86 valence electrons. The van der Waals surface area contributed by atoms with Crippen molar-refractivity contribution in [2.24, 2.45) is 0 Å². The third-order valence-electron chi connectivity index (χ3n) is 2.50. The standard InChI is InChI=1S/C10H14N4O2/c15-8-4-9(11-6-8)10(16)12-5-7-2-1-3-13-14-7/h1-3,8-9,11,15H,4-6H2,(H,12,16). The van der Waals surface area contributed by atoms with Crippen molar-refractivity contribution in [3.05, 3.63) is 24.0 Å². The molecule has 0 bridgehead atoms. The van der Waals surface area contributed by atoms with Crippen molar-refractivity contribution in [2.45, 2.75) is 25.1 Å². The van der Waals surface area contributed by atoms with E-state index < -0.39 is 6.10 Å². The summed E-state index contributed by atoms with van der Waals surface area (Å²) >= 11 is 0. The summed E-state index contributed by atoms with van der Waals surface area (Å²) in [6.07, 6.45) is 1.62. The summed E-state index contributed by atoms with van der Waals surface area (Å²) in [5.74, 6) is -0.109. The molecule has 0 saturated carbocycles. The molecular formula is C10H14N4O2. The highest BCUT2D eigenvalue weighted by Gasteiger charge is 2.27. The van der Waals surface area contributed by atoms with Crippen LogP contribution in [-0.2, 0) is 11.3 Å². The largest absolute Gasteiger partial charge is 0.392 e. The first-order valence-electron chi connectivity index (χ1n) is 5.21. The molecule has 2 rings (SSSR count). The predicted octanol–water partition coefficient (Wildman–Crippen LogP) is -1.18. The van der Waals surface area contributed by atoms with Gasteiger partial charge in [0.2, 0.25) is 5.91 Å². The molecule has 1 aliphatic heterocycles. The fourth-order valence-corrected chi connectivity index (χ4v) is 1.65. The summed E-state index contributed by atoms with van der Waals surface area (Å²) in [7, 11) is 0. The van der Waals surface area contributed by atoms with E-state index in [0.717, 1.165) is 5.69 Å². The third kappa shape index (κ3) is 2.74. The second-order valence-corrected chi connectivity index (χ2v) is 3.78. The summed E-state index contributed by atoms with van der Waals surface area (Å²) in [4.78, 5) is 11.6. The summed E-state index contributed by atoms with van der Waals surface area (Å²) in [6.45, 7) is 0.837. The number of carbonyl (C=O) groups is 1. The van der Waals surface area contributed by atoms with Crippen molar-refractivity contribution in [1.29, 1.82) is 0 Å². The average Bonchev–Trinajstić information content (AvgIpc) is 2.74. The topological polar surface area (TPSA) is 87.1 Å². The smallest absolute Gasteiger partial charge is 0.237 e. The number of carbonyl (C=O) groups excluding carboxylic acids is 1. The minimum atomic E-state index is -0.424. The van der Waals surface area contributed by atoms with E-state index >= 15 is 0 Å². The van der Waals surface area contributed by atoms with E-state index in [4.69, 9.17) is 0 Å². The molecule has 1 fully saturated rings. The van der Waals surface area contributed by atoms with E-state index in [-0.39, 0.29) is 11.9 Å². The van der Waals surface area contributed by atoms with Gasteiger partial charge in [0.25, 0.3) is 0 Å². The van der Waals surface area contributed by atoms with Gasteiger partial charge >= 0.3 is 0 Å². The van der Waals surface area contributed by atoms with Crippen LogP contribution in [0.5, 0.6) is 0 Å². The highest BCUT2D eigenvalue weighted by atomic mass is 16.3. The lowest BCUT2D eigenvalue weighted by molar-refractivity contribution is -0.123. The zero-order valence-electron chi connectivity index (χ0n) is 8.76. The minimum Gasteiger partial charge on any atom is -0.392 e. The van der Waals surface area contributed by atoms with Gasteiger partial charge in [0.15, 0.2) is 0 Å². The second kappa shape index (κ2) is 5.00. The Labute approximate surface area is 93.1 Å². The highest BCUT2D eigenvalue weighted by molar-refractivity contribution is 5.82. The van der Waals surface area contributed by atoms with Crippen LogP contribution in [0.3, 0.4) is 0 Å². The molecule has 2 unspecified atom stereocenters. The van der Waals surface area contributed by atoms with Gasteiger partial charge < -0.3 is 15.7 Å². The maximum absolute atomic E-state index is 11.6. The van der Waals surface area contributed by atoms with E-state index in [2.05, 4.69) is 20.8 Å². The van der Waals surface area contributed by atoms with Crippen LogP contribution in [0, 0.1) is 0 Å². The van der Waals surface area contributed by atoms with E-state index in [1.807, 2.05) is 0 Å². The Kier molecular flexibility index (Phi) is 3.43. The van der Waals surface area contributed by atoms with E-state index in [0.29, 0.717) is 19.5 Å². The maximum atomic E-state index is 11.6. The van der Waals surface area contributed by atoms with Gasteiger partial charge in [-0.2, -0.15) is 10.2 Å². The summed E-state index contributed by atoms with van der Waals surface area (Å²) in [5.41, 5.74) is 0.717. The van der Waals surface area contributed by atoms with Gasteiger partial charge in [0, 0.05) is 12.7 Å². The fraction of sp³-hybridized carbons (Fsp3) is 0.500. The molecule has 3 N–H and O–H groups in total. The minimum absolute atomic E-state index is 0.109. The summed E-state index contributed by atoms with van der Waals surface area (Å²) in [6, 6.07) is 3.27. The lowest BCUT2D eigenvalue weighted by Gasteiger charge is -2.10. The van der Waals surface area contributed by atoms with Crippen LogP contribution in [0.15, 0.2) is 18.3 Å². The second-order valence-electron chi connectivity index (χ2n) is 3.78. The Balaban J connectivity index is 1.80. The van der Waals surface area contributed by atoms with E-state index in [9.17, 15) is 9.90 Å². The van der Waals surface area contributed by atoms with Crippen LogP contribution in [-0.4, -0.2) is 39.9 Å². The normalized spacial score (nSPS) is 24.3. The lowest BCUT2D eigenvalue weighted by atomic mass is 10.2. The maximum Gasteiger partial charge on any atom is 0.237 e. The van der Waals surface area contributed by atoms with Crippen molar-refractivity contribution in [1.82, 2.24) is 20.8 Å². The van der Waals surface area contributed by atoms with Crippen molar-refractivity contribution in [2.75, 3.05) is 6.54 Å². The van der Waals surface area contributed by atoms with Crippen LogP contribution < -0.4 is 10.6 Å². The molecule has 0 radical (unpaired) electrons. The zero-order chi connectivity index (χ0) is 11.4. The SMILES string of the molecule is O=C(NCc1cccnn1)C1CC(O)CN1. The average molecular weight is 222 g/mol. The quantitative estimate of drug-likeness (QED) is 0.599. The molecular weight excluding hydrogens is 208 g/mol. The molecule has 0 aromatic carbocycles. The Hall–Kier alpha value is -1.53. The lowest BCUT2D eigenvalue weighted by Crippen LogP contribution is -2.40. The molecule has 16 heavy (non-hydrogen) atoms. The number of aromatic nitrogens is 2. The van der Waals surface area contributed by atoms with Crippen LogP contribution in [0.1, 0.15) is 12.1 Å². The van der Waals surface area contributed by atoms with Gasteiger partial charge in [-0.25, -0.2) is 0 Å². The molecule has 1 aliphatic rings. The predicted molar refractivity (Wildman–Crippen MR) is 56.3 cm³/mol. The van der Waals surface area contributed by atoms with Gasteiger partial charge in [0.05, 0.1) is 24.4 Å². The molecule has 1 saturated heterocycles. The number of hydrogen-bond donors (Lipinski definition) is 3. The fourth-order valence-electron chi connectivity index (χ4n) is 1.65. The van der Waals surface area contributed by atoms with E-state index in [1.54, 1.807) is 18.3 Å². The first kappa shape index (κ1) is 11.0. The van der Waals surface area contributed by atoms with Gasteiger partial charge in [-0.1, -0.05) is 0 Å². The van der Waals surface area contributed by atoms with Crippen molar-refractivity contribution in [3.8, 4) is 0 Å². The van der Waals surface area contributed by atoms with Gasteiger partial charge in [0.1, 0.15) is 0 Å². The monoisotopic (exact) mass is 222 g/mol. The number of nitrogens with zero attached hydrogens (tertiary/aromatic N) is 2. The highest BCUT2D eigenvalue weighted by Crippen LogP contribution is 2.06. The molecule has 1 aromatic heterocycles. The molecule has 1 aromatic rings. The van der Waals surface area contributed by atoms with Gasteiger partial charge in [-0.15, -0.1) is 0 Å². The Morgan fingerprint density at radius 2 is 2.56 bits per heavy atom.